The van der Waals surface area contributed by atoms with Crippen LogP contribution in [0.1, 0.15) is 11.8 Å². The van der Waals surface area contributed by atoms with Gasteiger partial charge >= 0.3 is 0 Å². The summed E-state index contributed by atoms with van der Waals surface area (Å²) in [6, 6.07) is 2.38. The maximum absolute atomic E-state index is 12.2. The predicted octanol–water partition coefficient (Wildman–Crippen LogP) is 1.22. The Balaban J connectivity index is 2.81. The van der Waals surface area contributed by atoms with E-state index in [1.54, 1.807) is 0 Å². The van der Waals surface area contributed by atoms with Crippen LogP contribution >= 0.6 is 0 Å². The number of aliphatic hydroxyl groups is 1. The van der Waals surface area contributed by atoms with E-state index in [2.05, 4.69) is 4.98 Å². The molecule has 2 nitrogen and oxygen atoms in total. The molecule has 0 saturated carbocycles. The fourth-order valence-electron chi connectivity index (χ4n) is 0.663. The molecule has 0 radical (unpaired) electrons. The normalized spacial score (nSPS) is 13.0. The number of rotatable bonds is 2. The summed E-state index contributed by atoms with van der Waals surface area (Å²) in [5.41, 5.74) is 0.147. The molecule has 4 heteroatoms. The summed E-state index contributed by atoms with van der Waals surface area (Å²) in [5, 5.41) is 8.86. The van der Waals surface area contributed by atoms with Gasteiger partial charge in [0, 0.05) is 0 Å². The minimum Gasteiger partial charge on any atom is -0.384 e. The second-order valence-electron chi connectivity index (χ2n) is 2.07. The Bertz CT molecular complexity index is 224. The first-order chi connectivity index (χ1) is 5.24. The first kappa shape index (κ1) is 8.07. The van der Waals surface area contributed by atoms with E-state index in [1.165, 1.54) is 6.07 Å². The van der Waals surface area contributed by atoms with Gasteiger partial charge in [-0.25, -0.2) is 8.78 Å². The van der Waals surface area contributed by atoms with Crippen molar-refractivity contribution in [3.05, 3.63) is 29.8 Å². The summed E-state index contributed by atoms with van der Waals surface area (Å²) in [5.74, 6) is -0.500. The summed E-state index contributed by atoms with van der Waals surface area (Å²) in [4.78, 5) is 3.48. The Kier molecular flexibility index (Phi) is 2.48. The molecule has 0 saturated heterocycles. The maximum atomic E-state index is 12.2. The molecule has 0 aliphatic rings. The van der Waals surface area contributed by atoms with Crippen LogP contribution in [0.2, 0.25) is 0 Å². The predicted molar refractivity (Wildman–Crippen MR) is 35.1 cm³/mol. The highest BCUT2D eigenvalue weighted by molar-refractivity contribution is 5.07. The van der Waals surface area contributed by atoms with Crippen molar-refractivity contribution in [2.75, 3.05) is 6.67 Å². The van der Waals surface area contributed by atoms with E-state index < -0.39 is 18.6 Å². The second kappa shape index (κ2) is 3.39. The van der Waals surface area contributed by atoms with Gasteiger partial charge in [-0.1, -0.05) is 0 Å². The van der Waals surface area contributed by atoms with Crippen LogP contribution in [0.5, 0.6) is 0 Å². The van der Waals surface area contributed by atoms with E-state index in [9.17, 15) is 8.78 Å². The third-order valence-corrected chi connectivity index (χ3v) is 1.24. The molecule has 60 valence electrons. The molecule has 0 bridgehead atoms. The van der Waals surface area contributed by atoms with Crippen LogP contribution in [0, 0.1) is 5.82 Å². The van der Waals surface area contributed by atoms with Crippen LogP contribution in [-0.2, 0) is 0 Å². The minimum absolute atomic E-state index is 0.147. The molecule has 0 aromatic carbocycles. The lowest BCUT2D eigenvalue weighted by Gasteiger charge is -2.03. The highest BCUT2D eigenvalue weighted by Crippen LogP contribution is 2.09. The molecule has 1 aromatic rings. The molecule has 1 atom stereocenters. The Hall–Kier alpha value is -1.03. The van der Waals surface area contributed by atoms with Gasteiger partial charge in [-0.15, -0.1) is 0 Å². The molecule has 0 aliphatic carbocycles. The monoisotopic (exact) mass is 159 g/mol. The van der Waals surface area contributed by atoms with Crippen molar-refractivity contribution in [2.24, 2.45) is 0 Å². The van der Waals surface area contributed by atoms with Gasteiger partial charge in [0.1, 0.15) is 18.6 Å². The summed E-state index contributed by atoms with van der Waals surface area (Å²) in [7, 11) is 0. The number of alkyl halides is 1. The number of hydrogen-bond donors (Lipinski definition) is 1. The van der Waals surface area contributed by atoms with Gasteiger partial charge in [0.25, 0.3) is 0 Å². The molecule has 0 fully saturated rings. The zero-order chi connectivity index (χ0) is 8.27. The topological polar surface area (TPSA) is 33.1 Å². The van der Waals surface area contributed by atoms with Crippen molar-refractivity contribution < 1.29 is 13.9 Å². The Labute approximate surface area is 62.5 Å². The van der Waals surface area contributed by atoms with E-state index in [-0.39, 0.29) is 5.69 Å². The molecular weight excluding hydrogens is 152 g/mol. The molecule has 1 heterocycles. The average molecular weight is 159 g/mol. The number of aliphatic hydroxyl groups excluding tert-OH is 1. The largest absolute Gasteiger partial charge is 0.384 e. The minimum atomic E-state index is -1.24. The van der Waals surface area contributed by atoms with Crippen molar-refractivity contribution in [3.8, 4) is 0 Å². The van der Waals surface area contributed by atoms with Crippen LogP contribution in [0.25, 0.3) is 0 Å². The van der Waals surface area contributed by atoms with Crippen LogP contribution in [0.4, 0.5) is 8.78 Å². The van der Waals surface area contributed by atoms with E-state index in [0.29, 0.717) is 0 Å². The maximum Gasteiger partial charge on any atom is 0.141 e. The van der Waals surface area contributed by atoms with Crippen molar-refractivity contribution >= 4 is 0 Å². The number of aromatic nitrogens is 1. The number of nitrogens with zero attached hydrogens (tertiary/aromatic N) is 1. The molecule has 1 aromatic heterocycles. The standard InChI is InChI=1S/C7H7F2NO/c8-3-7(11)6-2-1-5(9)4-10-6/h1-2,4,7,11H,3H2. The Morgan fingerprint density at radius 1 is 1.55 bits per heavy atom. The molecule has 1 rings (SSSR count). The number of pyridine rings is 1. The quantitative estimate of drug-likeness (QED) is 0.703. The summed E-state index contributed by atoms with van der Waals surface area (Å²) in [6.45, 7) is -0.904. The molecule has 0 amide bonds. The first-order valence-corrected chi connectivity index (χ1v) is 3.09. The lowest BCUT2D eigenvalue weighted by Crippen LogP contribution is -2.01. The molecule has 1 unspecified atom stereocenters. The SMILES string of the molecule is OC(CF)c1ccc(F)cn1. The fraction of sp³-hybridized carbons (Fsp3) is 0.286. The first-order valence-electron chi connectivity index (χ1n) is 3.09. The third-order valence-electron chi connectivity index (χ3n) is 1.24. The van der Waals surface area contributed by atoms with Crippen molar-refractivity contribution in [2.45, 2.75) is 6.10 Å². The van der Waals surface area contributed by atoms with Gasteiger partial charge in [0.05, 0.1) is 11.9 Å². The molecule has 1 N–H and O–H groups in total. The van der Waals surface area contributed by atoms with Gasteiger partial charge in [0.15, 0.2) is 0 Å². The molecule has 0 aliphatic heterocycles. The van der Waals surface area contributed by atoms with Gasteiger partial charge < -0.3 is 5.11 Å². The lowest BCUT2D eigenvalue weighted by atomic mass is 10.2. The molecular formula is C7H7F2NO. The molecule has 11 heavy (non-hydrogen) atoms. The van der Waals surface area contributed by atoms with E-state index in [4.69, 9.17) is 5.11 Å². The highest BCUT2D eigenvalue weighted by atomic mass is 19.1. The van der Waals surface area contributed by atoms with Crippen molar-refractivity contribution in [3.63, 3.8) is 0 Å². The van der Waals surface area contributed by atoms with E-state index >= 15 is 0 Å². The zero-order valence-corrected chi connectivity index (χ0v) is 5.67. The Morgan fingerprint density at radius 2 is 2.27 bits per heavy atom. The lowest BCUT2D eigenvalue weighted by molar-refractivity contribution is 0.137. The van der Waals surface area contributed by atoms with Gasteiger partial charge in [-0.2, -0.15) is 0 Å². The average Bonchev–Trinajstić information content (AvgIpc) is 2.05. The third kappa shape index (κ3) is 1.94. The smallest absolute Gasteiger partial charge is 0.141 e. The van der Waals surface area contributed by atoms with Crippen molar-refractivity contribution in [1.82, 2.24) is 4.98 Å². The highest BCUT2D eigenvalue weighted by Gasteiger charge is 2.06. The number of halogens is 2. The van der Waals surface area contributed by atoms with Gasteiger partial charge in [-0.05, 0) is 12.1 Å². The van der Waals surface area contributed by atoms with Gasteiger partial charge in [0.2, 0.25) is 0 Å². The van der Waals surface area contributed by atoms with Gasteiger partial charge in [-0.3, -0.25) is 4.98 Å². The van der Waals surface area contributed by atoms with E-state index in [0.717, 1.165) is 12.3 Å². The summed E-state index contributed by atoms with van der Waals surface area (Å²) >= 11 is 0. The summed E-state index contributed by atoms with van der Waals surface area (Å²) < 4.78 is 24.0. The second-order valence-corrected chi connectivity index (χ2v) is 2.07. The van der Waals surface area contributed by atoms with Crippen LogP contribution in [0.3, 0.4) is 0 Å². The fourth-order valence-corrected chi connectivity index (χ4v) is 0.663. The summed E-state index contributed by atoms with van der Waals surface area (Å²) in [6.07, 6.45) is -0.301. The van der Waals surface area contributed by atoms with Crippen molar-refractivity contribution in [1.29, 1.82) is 0 Å². The Morgan fingerprint density at radius 3 is 2.73 bits per heavy atom. The number of hydrogen-bond acceptors (Lipinski definition) is 2. The van der Waals surface area contributed by atoms with Crippen LogP contribution < -0.4 is 0 Å². The van der Waals surface area contributed by atoms with Crippen LogP contribution in [-0.4, -0.2) is 16.8 Å². The van der Waals surface area contributed by atoms with Crippen LogP contribution in [0.15, 0.2) is 18.3 Å². The molecule has 0 spiro atoms. The van der Waals surface area contributed by atoms with E-state index in [1.807, 2.05) is 0 Å². The zero-order valence-electron chi connectivity index (χ0n) is 5.67.